The molecule has 0 bridgehead atoms. The lowest BCUT2D eigenvalue weighted by Crippen LogP contribution is -2.24. The van der Waals surface area contributed by atoms with Crippen LogP contribution in [0.25, 0.3) is 6.08 Å². The minimum absolute atomic E-state index is 0.245. The van der Waals surface area contributed by atoms with Crippen molar-refractivity contribution < 1.29 is 22.7 Å². The summed E-state index contributed by atoms with van der Waals surface area (Å²) in [6.45, 7) is 9.86. The number of benzene rings is 3. The van der Waals surface area contributed by atoms with Crippen molar-refractivity contribution >= 4 is 23.2 Å². The first-order valence-electron chi connectivity index (χ1n) is 10.6. The number of alkyl halides is 3. The van der Waals surface area contributed by atoms with Crippen molar-refractivity contribution in [3.8, 4) is 11.5 Å². The van der Waals surface area contributed by atoms with Gasteiger partial charge in [0.05, 0.1) is 0 Å². The minimum atomic E-state index is -4.86. The van der Waals surface area contributed by atoms with Crippen LogP contribution in [0.4, 0.5) is 24.5 Å². The summed E-state index contributed by atoms with van der Waals surface area (Å²) in [6, 6.07) is 16.2. The number of ether oxygens (including phenoxy) is 1. The quantitative estimate of drug-likeness (QED) is 0.379. The Morgan fingerprint density at radius 2 is 1.79 bits per heavy atom. The zero-order valence-electron chi connectivity index (χ0n) is 18.8. The van der Waals surface area contributed by atoms with E-state index >= 15 is 0 Å². The summed E-state index contributed by atoms with van der Waals surface area (Å²) >= 11 is 0. The van der Waals surface area contributed by atoms with Gasteiger partial charge in [-0.1, -0.05) is 43.3 Å². The number of halogens is 3. The number of aryl methyl sites for hydroxylation is 2. The number of Topliss-reactive ketones (excluding diaryl/α,β-unsaturated/α-hetero) is 1. The molecule has 0 fully saturated rings. The molecule has 3 aromatic rings. The first kappa shape index (κ1) is 24.1. The van der Waals surface area contributed by atoms with Gasteiger partial charge in [0, 0.05) is 23.4 Å². The number of carbonyl (C=O) groups is 1. The largest absolute Gasteiger partial charge is 0.457 e. The molecule has 0 amide bonds. The smallest absolute Gasteiger partial charge is 0.450 e. The van der Waals surface area contributed by atoms with Crippen molar-refractivity contribution in [2.45, 2.75) is 39.8 Å². The number of carbonyl (C=O) groups excluding carboxylic acids is 1. The molecule has 0 saturated heterocycles. The molecule has 172 valence electrons. The van der Waals surface area contributed by atoms with Crippen molar-refractivity contribution in [1.82, 2.24) is 0 Å². The van der Waals surface area contributed by atoms with Gasteiger partial charge in [-0.3, -0.25) is 4.79 Å². The van der Waals surface area contributed by atoms with Gasteiger partial charge in [-0.2, -0.15) is 13.2 Å². The Bertz CT molecular complexity index is 1180. The van der Waals surface area contributed by atoms with Crippen LogP contribution in [-0.2, 0) is 17.6 Å². The van der Waals surface area contributed by atoms with E-state index in [0.717, 1.165) is 33.6 Å². The molecule has 1 N–H and O–H groups in total. The van der Waals surface area contributed by atoms with Gasteiger partial charge in [0.15, 0.2) is 0 Å². The maximum absolute atomic E-state index is 12.6. The summed E-state index contributed by atoms with van der Waals surface area (Å²) in [4.78, 5) is 11.4. The molecule has 0 saturated carbocycles. The van der Waals surface area contributed by atoms with Crippen LogP contribution < -0.4 is 10.1 Å². The summed E-state index contributed by atoms with van der Waals surface area (Å²) in [6.07, 6.45) is -3.12. The highest BCUT2D eigenvalue weighted by molar-refractivity contribution is 5.86. The molecule has 33 heavy (non-hydrogen) atoms. The molecule has 0 aliphatic carbocycles. The summed E-state index contributed by atoms with van der Waals surface area (Å²) in [5.74, 6) is -0.811. The zero-order valence-corrected chi connectivity index (χ0v) is 18.8. The Morgan fingerprint density at radius 1 is 1.03 bits per heavy atom. The fraction of sp³-hybridized carbons (Fsp3) is 0.222. The summed E-state index contributed by atoms with van der Waals surface area (Å²) < 4.78 is 44.0. The second-order valence-electron chi connectivity index (χ2n) is 7.91. The molecular weight excluding hydrogens is 427 g/mol. The van der Waals surface area contributed by atoms with Gasteiger partial charge in [0.2, 0.25) is 5.78 Å². The fourth-order valence-electron chi connectivity index (χ4n) is 3.59. The number of rotatable bonds is 8. The number of nitrogens with one attached hydrogen (secondary N) is 1. The highest BCUT2D eigenvalue weighted by Crippen LogP contribution is 2.35. The summed E-state index contributed by atoms with van der Waals surface area (Å²) in [5.41, 5.74) is 6.02. The molecule has 6 heteroatoms. The molecule has 0 radical (unpaired) electrons. The second-order valence-corrected chi connectivity index (χ2v) is 7.91. The third kappa shape index (κ3) is 6.04. The van der Waals surface area contributed by atoms with Crippen LogP contribution in [-0.4, -0.2) is 12.0 Å². The standard InChI is InChI=1S/C27H26F3NO2/c1-5-20-12-17(3)10-11-23(20)31-24-13-18(4)14-25(22(24)6-2)33-21-9-7-8-19(15-21)16-26(32)27(28,29)30/h5,7-15,31H,1,6,16H2,2-4H3. The topological polar surface area (TPSA) is 38.3 Å². The van der Waals surface area contributed by atoms with Gasteiger partial charge in [-0.25, -0.2) is 0 Å². The minimum Gasteiger partial charge on any atom is -0.457 e. The first-order valence-corrected chi connectivity index (χ1v) is 10.6. The molecule has 0 spiro atoms. The molecule has 3 aromatic carbocycles. The molecule has 0 aliphatic rings. The lowest BCUT2D eigenvalue weighted by atomic mass is 10.0. The Labute approximate surface area is 191 Å². The first-order chi connectivity index (χ1) is 15.6. The van der Waals surface area contributed by atoms with Crippen molar-refractivity contribution in [2.75, 3.05) is 5.32 Å². The van der Waals surface area contributed by atoms with Crippen molar-refractivity contribution in [3.05, 3.63) is 89.0 Å². The van der Waals surface area contributed by atoms with Crippen LogP contribution in [0.2, 0.25) is 0 Å². The lowest BCUT2D eigenvalue weighted by molar-refractivity contribution is -0.170. The van der Waals surface area contributed by atoms with E-state index in [-0.39, 0.29) is 5.56 Å². The average Bonchev–Trinajstić information content (AvgIpc) is 2.74. The van der Waals surface area contributed by atoms with E-state index < -0.39 is 18.4 Å². The third-order valence-corrected chi connectivity index (χ3v) is 5.21. The maximum atomic E-state index is 12.6. The molecular formula is C27H26F3NO2. The van der Waals surface area contributed by atoms with Crippen LogP contribution in [0.15, 0.2) is 61.2 Å². The van der Waals surface area contributed by atoms with Gasteiger partial charge in [-0.05, 0) is 73.4 Å². The molecule has 0 aliphatic heterocycles. The van der Waals surface area contributed by atoms with Gasteiger partial charge < -0.3 is 10.1 Å². The van der Waals surface area contributed by atoms with Crippen molar-refractivity contribution in [3.63, 3.8) is 0 Å². The highest BCUT2D eigenvalue weighted by atomic mass is 19.4. The number of hydrogen-bond donors (Lipinski definition) is 1. The lowest BCUT2D eigenvalue weighted by Gasteiger charge is -2.19. The second kappa shape index (κ2) is 9.94. The van der Waals surface area contributed by atoms with Crippen LogP contribution in [0.1, 0.15) is 34.7 Å². The molecule has 0 unspecified atom stereocenters. The zero-order chi connectivity index (χ0) is 24.2. The molecule has 3 rings (SSSR count). The Morgan fingerprint density at radius 3 is 2.45 bits per heavy atom. The number of ketones is 1. The summed E-state index contributed by atoms with van der Waals surface area (Å²) in [5, 5.41) is 3.47. The molecule has 0 heterocycles. The molecule has 3 nitrogen and oxygen atoms in total. The van der Waals surface area contributed by atoms with E-state index in [1.165, 1.54) is 12.1 Å². The van der Waals surface area contributed by atoms with Crippen LogP contribution in [0, 0.1) is 13.8 Å². The fourth-order valence-corrected chi connectivity index (χ4v) is 3.59. The molecule has 0 atom stereocenters. The van der Waals surface area contributed by atoms with E-state index in [4.69, 9.17) is 4.74 Å². The highest BCUT2D eigenvalue weighted by Gasteiger charge is 2.37. The van der Waals surface area contributed by atoms with Gasteiger partial charge in [-0.15, -0.1) is 0 Å². The monoisotopic (exact) mass is 453 g/mol. The Hall–Kier alpha value is -3.54. The van der Waals surface area contributed by atoms with Crippen LogP contribution >= 0.6 is 0 Å². The van der Waals surface area contributed by atoms with E-state index in [1.807, 2.05) is 51.1 Å². The Balaban J connectivity index is 1.92. The predicted octanol–water partition coefficient (Wildman–Crippen LogP) is 7.72. The predicted molar refractivity (Wildman–Crippen MR) is 126 cm³/mol. The van der Waals surface area contributed by atoms with Crippen LogP contribution in [0.5, 0.6) is 11.5 Å². The summed E-state index contributed by atoms with van der Waals surface area (Å²) in [7, 11) is 0. The van der Waals surface area contributed by atoms with Gasteiger partial charge >= 0.3 is 6.18 Å². The van der Waals surface area contributed by atoms with E-state index in [2.05, 4.69) is 11.9 Å². The molecule has 0 aromatic heterocycles. The van der Waals surface area contributed by atoms with Gasteiger partial charge in [0.1, 0.15) is 11.5 Å². The third-order valence-electron chi connectivity index (χ3n) is 5.21. The average molecular weight is 454 g/mol. The SMILES string of the molecule is C=Cc1cc(C)ccc1Nc1cc(C)cc(Oc2cccc(CC(=O)C(F)(F)F)c2)c1CC. The number of anilines is 2. The maximum Gasteiger partial charge on any atom is 0.450 e. The normalized spacial score (nSPS) is 11.2. The van der Waals surface area contributed by atoms with E-state index in [1.54, 1.807) is 18.2 Å². The van der Waals surface area contributed by atoms with Crippen molar-refractivity contribution in [1.29, 1.82) is 0 Å². The van der Waals surface area contributed by atoms with E-state index in [0.29, 0.717) is 17.9 Å². The Kier molecular flexibility index (Phi) is 7.26. The van der Waals surface area contributed by atoms with E-state index in [9.17, 15) is 18.0 Å². The van der Waals surface area contributed by atoms with Crippen LogP contribution in [0.3, 0.4) is 0 Å². The van der Waals surface area contributed by atoms with Crippen molar-refractivity contribution in [2.24, 2.45) is 0 Å². The van der Waals surface area contributed by atoms with Gasteiger partial charge in [0.25, 0.3) is 0 Å². The number of hydrogen-bond acceptors (Lipinski definition) is 3.